The second kappa shape index (κ2) is 7.80. The SMILES string of the molecule is O=C(c1cc2c(s1)C1(CCNCC1)OCC2)N1C[C@@H](Cc2ccncc2)[C@H](O)C1. The Kier molecular flexibility index (Phi) is 5.16. The van der Waals surface area contributed by atoms with E-state index in [4.69, 9.17) is 4.74 Å². The van der Waals surface area contributed by atoms with Crippen LogP contribution in [0, 0.1) is 5.92 Å². The molecule has 7 heteroatoms. The van der Waals surface area contributed by atoms with Crippen LogP contribution in [0.1, 0.15) is 38.5 Å². The molecule has 3 aliphatic rings. The average molecular weight is 414 g/mol. The van der Waals surface area contributed by atoms with Crippen molar-refractivity contribution < 1.29 is 14.6 Å². The van der Waals surface area contributed by atoms with Crippen molar-refractivity contribution in [3.8, 4) is 0 Å². The smallest absolute Gasteiger partial charge is 0.264 e. The Balaban J connectivity index is 1.33. The number of rotatable bonds is 3. The first-order chi connectivity index (χ1) is 14.1. The van der Waals surface area contributed by atoms with Gasteiger partial charge in [-0.05, 0) is 68.1 Å². The third kappa shape index (κ3) is 3.61. The highest BCUT2D eigenvalue weighted by atomic mass is 32.1. The van der Waals surface area contributed by atoms with E-state index in [-0.39, 0.29) is 17.4 Å². The van der Waals surface area contributed by atoms with Crippen LogP contribution in [0.25, 0.3) is 0 Å². The fourth-order valence-corrected chi connectivity index (χ4v) is 6.31. The average Bonchev–Trinajstić information content (AvgIpc) is 3.34. The van der Waals surface area contributed by atoms with Crippen LogP contribution >= 0.6 is 11.3 Å². The van der Waals surface area contributed by atoms with E-state index in [2.05, 4.69) is 16.4 Å². The quantitative estimate of drug-likeness (QED) is 0.805. The molecule has 0 bridgehead atoms. The summed E-state index contributed by atoms with van der Waals surface area (Å²) >= 11 is 1.61. The number of likely N-dealkylation sites (tertiary alicyclic amines) is 1. The number of carbonyl (C=O) groups excluding carboxylic acids is 1. The van der Waals surface area contributed by atoms with Gasteiger partial charge in [0, 0.05) is 36.3 Å². The number of aliphatic hydroxyl groups excluding tert-OH is 1. The molecule has 2 atom stereocenters. The molecular formula is C22H27N3O3S. The van der Waals surface area contributed by atoms with Gasteiger partial charge in [0.2, 0.25) is 0 Å². The van der Waals surface area contributed by atoms with Gasteiger partial charge in [0.05, 0.1) is 17.6 Å². The predicted octanol–water partition coefficient (Wildman–Crippen LogP) is 1.97. The van der Waals surface area contributed by atoms with E-state index in [0.29, 0.717) is 13.1 Å². The van der Waals surface area contributed by atoms with Gasteiger partial charge >= 0.3 is 0 Å². The van der Waals surface area contributed by atoms with Gasteiger partial charge in [-0.3, -0.25) is 9.78 Å². The van der Waals surface area contributed by atoms with Gasteiger partial charge in [-0.15, -0.1) is 11.3 Å². The van der Waals surface area contributed by atoms with Crippen LogP contribution in [-0.2, 0) is 23.2 Å². The molecule has 2 fully saturated rings. The van der Waals surface area contributed by atoms with Crippen molar-refractivity contribution in [1.82, 2.24) is 15.2 Å². The summed E-state index contributed by atoms with van der Waals surface area (Å²) in [6.07, 6.45) is 6.62. The zero-order valence-electron chi connectivity index (χ0n) is 16.5. The van der Waals surface area contributed by atoms with Gasteiger partial charge in [0.15, 0.2) is 0 Å². The van der Waals surface area contributed by atoms with Gasteiger partial charge in [-0.2, -0.15) is 0 Å². The summed E-state index contributed by atoms with van der Waals surface area (Å²) in [5.41, 5.74) is 2.21. The molecule has 2 aromatic heterocycles. The molecule has 2 aromatic rings. The zero-order valence-corrected chi connectivity index (χ0v) is 17.3. The third-order valence-electron chi connectivity index (χ3n) is 6.54. The standard InChI is InChI=1S/C22H27N3O3S/c26-18-14-25(13-17(18)11-15-1-6-23-7-2-15)21(27)19-12-16-3-10-28-22(20(16)29-19)4-8-24-9-5-22/h1-2,6-7,12,17-18,24,26H,3-5,8-11,13-14H2/t17-,18-/m1/s1. The molecule has 154 valence electrons. The van der Waals surface area contributed by atoms with E-state index in [1.807, 2.05) is 17.0 Å². The van der Waals surface area contributed by atoms with Crippen LogP contribution in [0.2, 0.25) is 0 Å². The van der Waals surface area contributed by atoms with E-state index in [1.165, 1.54) is 10.4 Å². The number of pyridine rings is 1. The summed E-state index contributed by atoms with van der Waals surface area (Å²) < 4.78 is 6.25. The fourth-order valence-electron chi connectivity index (χ4n) is 4.93. The maximum Gasteiger partial charge on any atom is 0.264 e. The Labute approximate surface area is 174 Å². The number of aromatic nitrogens is 1. The third-order valence-corrected chi connectivity index (χ3v) is 7.89. The number of nitrogens with zero attached hydrogens (tertiary/aromatic N) is 2. The fraction of sp³-hybridized carbons (Fsp3) is 0.545. The van der Waals surface area contributed by atoms with E-state index < -0.39 is 6.10 Å². The van der Waals surface area contributed by atoms with E-state index >= 15 is 0 Å². The first-order valence-corrected chi connectivity index (χ1v) is 11.3. The largest absolute Gasteiger partial charge is 0.391 e. The minimum Gasteiger partial charge on any atom is -0.391 e. The summed E-state index contributed by atoms with van der Waals surface area (Å²) in [5.74, 6) is 0.111. The monoisotopic (exact) mass is 413 g/mol. The normalized spacial score (nSPS) is 25.9. The van der Waals surface area contributed by atoms with E-state index in [1.54, 1.807) is 23.7 Å². The van der Waals surface area contributed by atoms with Crippen molar-refractivity contribution >= 4 is 17.2 Å². The molecule has 5 heterocycles. The highest BCUT2D eigenvalue weighted by Crippen LogP contribution is 2.44. The summed E-state index contributed by atoms with van der Waals surface area (Å²) in [4.78, 5) is 21.2. The first kappa shape index (κ1) is 19.2. The number of fused-ring (bicyclic) bond motifs is 2. The zero-order chi connectivity index (χ0) is 19.8. The number of carbonyl (C=O) groups is 1. The number of hydrogen-bond donors (Lipinski definition) is 2. The van der Waals surface area contributed by atoms with Gasteiger partial charge in [0.1, 0.15) is 5.60 Å². The molecule has 6 nitrogen and oxygen atoms in total. The van der Waals surface area contributed by atoms with E-state index in [0.717, 1.165) is 55.8 Å². The lowest BCUT2D eigenvalue weighted by Gasteiger charge is -2.40. The molecule has 1 spiro atoms. The van der Waals surface area contributed by atoms with Crippen LogP contribution in [0.15, 0.2) is 30.6 Å². The Bertz CT molecular complexity index is 879. The van der Waals surface area contributed by atoms with Gasteiger partial charge in [-0.1, -0.05) is 0 Å². The molecule has 29 heavy (non-hydrogen) atoms. The number of ether oxygens (including phenoxy) is 1. The predicted molar refractivity (Wildman–Crippen MR) is 111 cm³/mol. The lowest BCUT2D eigenvalue weighted by Crippen LogP contribution is -2.43. The number of hydrogen-bond acceptors (Lipinski definition) is 6. The van der Waals surface area contributed by atoms with Crippen LogP contribution in [0.5, 0.6) is 0 Å². The molecule has 0 aromatic carbocycles. The lowest BCUT2D eigenvalue weighted by atomic mass is 9.86. The second-order valence-electron chi connectivity index (χ2n) is 8.40. The van der Waals surface area contributed by atoms with Crippen molar-refractivity contribution in [3.63, 3.8) is 0 Å². The van der Waals surface area contributed by atoms with Crippen LogP contribution < -0.4 is 5.32 Å². The lowest BCUT2D eigenvalue weighted by molar-refractivity contribution is -0.0771. The number of thiophene rings is 1. The van der Waals surface area contributed by atoms with Crippen LogP contribution in [0.4, 0.5) is 0 Å². The van der Waals surface area contributed by atoms with Crippen molar-refractivity contribution in [2.24, 2.45) is 5.92 Å². The van der Waals surface area contributed by atoms with Crippen molar-refractivity contribution in [1.29, 1.82) is 0 Å². The van der Waals surface area contributed by atoms with E-state index in [9.17, 15) is 9.90 Å². The van der Waals surface area contributed by atoms with Crippen LogP contribution in [0.3, 0.4) is 0 Å². The Morgan fingerprint density at radius 1 is 1.31 bits per heavy atom. The summed E-state index contributed by atoms with van der Waals surface area (Å²) in [6.45, 7) is 3.64. The molecule has 0 radical (unpaired) electrons. The number of nitrogens with one attached hydrogen (secondary N) is 1. The molecule has 3 aliphatic heterocycles. The molecule has 0 saturated carbocycles. The molecule has 1 amide bonds. The molecule has 2 saturated heterocycles. The van der Waals surface area contributed by atoms with Gasteiger partial charge in [0.25, 0.3) is 5.91 Å². The molecule has 2 N–H and O–H groups in total. The van der Waals surface area contributed by atoms with Gasteiger partial charge in [-0.25, -0.2) is 0 Å². The maximum absolute atomic E-state index is 13.2. The first-order valence-electron chi connectivity index (χ1n) is 10.5. The number of piperidine rings is 1. The molecule has 5 rings (SSSR count). The molecule has 0 aliphatic carbocycles. The maximum atomic E-state index is 13.2. The Hall–Kier alpha value is -1.80. The molecular weight excluding hydrogens is 386 g/mol. The number of β-amino-alcohol motifs (C(OH)–C–C–N with tert-alkyl or cyclic N) is 1. The van der Waals surface area contributed by atoms with Crippen molar-refractivity contribution in [2.75, 3.05) is 32.8 Å². The highest BCUT2D eigenvalue weighted by molar-refractivity contribution is 7.14. The Morgan fingerprint density at radius 3 is 2.90 bits per heavy atom. The minimum atomic E-state index is -0.485. The van der Waals surface area contributed by atoms with Crippen molar-refractivity contribution in [3.05, 3.63) is 51.5 Å². The van der Waals surface area contributed by atoms with Gasteiger partial charge < -0.3 is 20.1 Å². The highest BCUT2D eigenvalue weighted by Gasteiger charge is 2.42. The number of aliphatic hydroxyl groups is 1. The second-order valence-corrected chi connectivity index (χ2v) is 9.46. The summed E-state index contributed by atoms with van der Waals surface area (Å²) in [5, 5.41) is 14.0. The van der Waals surface area contributed by atoms with Crippen molar-refractivity contribution in [2.45, 2.75) is 37.4 Å². The summed E-state index contributed by atoms with van der Waals surface area (Å²) in [7, 11) is 0. The topological polar surface area (TPSA) is 74.7 Å². The summed E-state index contributed by atoms with van der Waals surface area (Å²) in [6, 6.07) is 6.03. The number of amides is 1. The minimum absolute atomic E-state index is 0.0461. The van der Waals surface area contributed by atoms with Crippen LogP contribution in [-0.4, -0.2) is 59.8 Å². The Morgan fingerprint density at radius 2 is 2.10 bits per heavy atom. The molecule has 0 unspecified atom stereocenters.